The second-order valence-electron chi connectivity index (χ2n) is 2.16. The molecule has 0 saturated heterocycles. The average Bonchev–Trinajstić information content (AvgIpc) is 1.98. The lowest BCUT2D eigenvalue weighted by atomic mass is 10.1. The molecule has 6 heteroatoms. The Bertz CT molecular complexity index is 212. The number of carbonyl (C=O) groups excluding carboxylic acids is 1. The molecule has 0 radical (unpaired) electrons. The van der Waals surface area contributed by atoms with E-state index >= 15 is 0 Å². The van der Waals surface area contributed by atoms with Crippen molar-refractivity contribution >= 4 is 17.1 Å². The van der Waals surface area contributed by atoms with Gasteiger partial charge in [-0.2, -0.15) is 4.21 Å². The van der Waals surface area contributed by atoms with Crippen molar-refractivity contribution in [1.29, 1.82) is 0 Å². The molecule has 0 rings (SSSR count). The van der Waals surface area contributed by atoms with Crippen molar-refractivity contribution in [1.82, 2.24) is 0 Å². The van der Waals surface area contributed by atoms with Crippen LogP contribution in [0.2, 0.25) is 0 Å². The molecule has 0 heterocycles. The third-order valence-electron chi connectivity index (χ3n) is 1.05. The highest BCUT2D eigenvalue weighted by Gasteiger charge is 2.16. The van der Waals surface area contributed by atoms with Gasteiger partial charge in [-0.05, 0) is 12.5 Å². The molecule has 0 amide bonds. The zero-order valence-corrected chi connectivity index (χ0v) is 7.34. The fourth-order valence-corrected chi connectivity index (χ4v) is 0.728. The number of rotatable bonds is 5. The van der Waals surface area contributed by atoms with Crippen molar-refractivity contribution in [3.05, 3.63) is 12.2 Å². The molecule has 0 aliphatic heterocycles. The Morgan fingerprint density at radius 3 is 2.58 bits per heavy atom. The molecule has 5 nitrogen and oxygen atoms in total. The van der Waals surface area contributed by atoms with E-state index in [9.17, 15) is 9.00 Å². The summed E-state index contributed by atoms with van der Waals surface area (Å²) in [4.78, 5) is 10.8. The van der Waals surface area contributed by atoms with Gasteiger partial charge in [0.05, 0.1) is 6.61 Å². The standard InChI is InChI=1S/C6H10O5S/c1-4(2)6(8)5(7)3-11-12(9)10/h5,7H,1,3H2,2H3,(H,9,10). The lowest BCUT2D eigenvalue weighted by molar-refractivity contribution is -0.124. The summed E-state index contributed by atoms with van der Waals surface area (Å²) < 4.78 is 22.2. The number of hydrogen-bond donors (Lipinski definition) is 2. The first-order valence-corrected chi connectivity index (χ1v) is 4.10. The highest BCUT2D eigenvalue weighted by Crippen LogP contribution is 1.97. The predicted molar refractivity (Wildman–Crippen MR) is 42.6 cm³/mol. The van der Waals surface area contributed by atoms with Crippen LogP contribution in [0.25, 0.3) is 0 Å². The molecule has 0 aromatic rings. The molecule has 70 valence electrons. The minimum Gasteiger partial charge on any atom is -0.382 e. The van der Waals surface area contributed by atoms with Crippen LogP contribution in [0, 0.1) is 0 Å². The van der Waals surface area contributed by atoms with Crippen LogP contribution in [0.15, 0.2) is 12.2 Å². The van der Waals surface area contributed by atoms with Crippen molar-refractivity contribution in [2.45, 2.75) is 13.0 Å². The molecule has 0 saturated carbocycles. The van der Waals surface area contributed by atoms with Gasteiger partial charge in [-0.15, -0.1) is 0 Å². The van der Waals surface area contributed by atoms with Gasteiger partial charge >= 0.3 is 11.4 Å². The number of aliphatic hydroxyl groups is 1. The molecule has 0 aromatic carbocycles. The maximum atomic E-state index is 10.8. The van der Waals surface area contributed by atoms with Crippen molar-refractivity contribution in [2.24, 2.45) is 0 Å². The van der Waals surface area contributed by atoms with Gasteiger partial charge in [-0.25, -0.2) is 0 Å². The predicted octanol–water partition coefficient (Wildman–Crippen LogP) is -0.354. The molecular weight excluding hydrogens is 184 g/mol. The van der Waals surface area contributed by atoms with Gasteiger partial charge in [0.1, 0.15) is 6.10 Å². The largest absolute Gasteiger partial charge is 0.382 e. The lowest BCUT2D eigenvalue weighted by Crippen LogP contribution is -2.26. The van der Waals surface area contributed by atoms with Crippen LogP contribution in [0.5, 0.6) is 0 Å². The minimum atomic E-state index is -2.46. The van der Waals surface area contributed by atoms with E-state index in [1.54, 1.807) is 0 Å². The van der Waals surface area contributed by atoms with Crippen LogP contribution >= 0.6 is 0 Å². The smallest absolute Gasteiger partial charge is 0.302 e. The first-order valence-electron chi connectivity index (χ1n) is 3.07. The van der Waals surface area contributed by atoms with Gasteiger partial charge in [0, 0.05) is 0 Å². The fraction of sp³-hybridized carbons (Fsp3) is 0.500. The molecular formula is C6H10O5S. The van der Waals surface area contributed by atoms with Gasteiger partial charge in [0.25, 0.3) is 0 Å². The van der Waals surface area contributed by atoms with E-state index in [1.807, 2.05) is 0 Å². The number of Topliss-reactive ketones (excluding diaryl/α,β-unsaturated/α-hetero) is 1. The average molecular weight is 194 g/mol. The summed E-state index contributed by atoms with van der Waals surface area (Å²) in [6.45, 7) is 4.23. The van der Waals surface area contributed by atoms with Crippen LogP contribution in [0.4, 0.5) is 0 Å². The Labute approximate surface area is 72.5 Å². The first kappa shape index (κ1) is 11.4. The maximum Gasteiger partial charge on any atom is 0.302 e. The van der Waals surface area contributed by atoms with Crippen LogP contribution in [0.3, 0.4) is 0 Å². The van der Waals surface area contributed by atoms with E-state index in [2.05, 4.69) is 10.8 Å². The molecule has 0 fully saturated rings. The summed E-state index contributed by atoms with van der Waals surface area (Å²) >= 11 is -2.46. The summed E-state index contributed by atoms with van der Waals surface area (Å²) in [6, 6.07) is 0. The van der Waals surface area contributed by atoms with E-state index in [0.717, 1.165) is 0 Å². The number of aliphatic hydroxyl groups excluding tert-OH is 1. The van der Waals surface area contributed by atoms with Gasteiger partial charge in [0.15, 0.2) is 5.78 Å². The van der Waals surface area contributed by atoms with Gasteiger partial charge < -0.3 is 5.11 Å². The Morgan fingerprint density at radius 1 is 1.75 bits per heavy atom. The van der Waals surface area contributed by atoms with Crippen LogP contribution in [-0.4, -0.2) is 32.4 Å². The van der Waals surface area contributed by atoms with E-state index in [4.69, 9.17) is 9.66 Å². The second kappa shape index (κ2) is 5.15. The van der Waals surface area contributed by atoms with E-state index in [0.29, 0.717) is 0 Å². The Kier molecular flexibility index (Phi) is 4.91. The monoisotopic (exact) mass is 194 g/mol. The zero-order valence-electron chi connectivity index (χ0n) is 6.52. The highest BCUT2D eigenvalue weighted by molar-refractivity contribution is 7.74. The molecule has 0 bridgehead atoms. The van der Waals surface area contributed by atoms with Gasteiger partial charge in [-0.1, -0.05) is 6.58 Å². The maximum absolute atomic E-state index is 10.8. The molecule has 2 unspecified atom stereocenters. The Morgan fingerprint density at radius 2 is 2.25 bits per heavy atom. The van der Waals surface area contributed by atoms with Gasteiger partial charge in [0.2, 0.25) is 0 Å². The van der Waals surface area contributed by atoms with Gasteiger partial charge in [-0.3, -0.25) is 13.5 Å². The van der Waals surface area contributed by atoms with E-state index in [1.165, 1.54) is 6.92 Å². The molecule has 0 spiro atoms. The number of hydrogen-bond acceptors (Lipinski definition) is 4. The molecule has 0 aliphatic carbocycles. The first-order chi connectivity index (χ1) is 5.45. The third kappa shape index (κ3) is 4.35. The quantitative estimate of drug-likeness (QED) is 0.461. The van der Waals surface area contributed by atoms with Crippen molar-refractivity contribution in [2.75, 3.05) is 6.61 Å². The highest BCUT2D eigenvalue weighted by atomic mass is 32.2. The van der Waals surface area contributed by atoms with Crippen LogP contribution < -0.4 is 0 Å². The fourth-order valence-electron chi connectivity index (χ4n) is 0.483. The van der Waals surface area contributed by atoms with Crippen molar-refractivity contribution < 1.29 is 22.8 Å². The van der Waals surface area contributed by atoms with Crippen molar-refractivity contribution in [3.63, 3.8) is 0 Å². The number of carbonyl (C=O) groups is 1. The lowest BCUT2D eigenvalue weighted by Gasteiger charge is -2.06. The van der Waals surface area contributed by atoms with Crippen LogP contribution in [0.1, 0.15) is 6.92 Å². The molecule has 0 aromatic heterocycles. The van der Waals surface area contributed by atoms with E-state index in [-0.39, 0.29) is 5.57 Å². The Hall–Kier alpha value is -0.560. The van der Waals surface area contributed by atoms with Crippen molar-refractivity contribution in [3.8, 4) is 0 Å². The normalized spacial score (nSPS) is 15.2. The summed E-state index contributed by atoms with van der Waals surface area (Å²) in [5.74, 6) is -0.597. The second-order valence-corrected chi connectivity index (χ2v) is 2.83. The number of ketones is 1. The molecule has 2 atom stereocenters. The molecule has 0 aliphatic rings. The third-order valence-corrected chi connectivity index (χ3v) is 1.39. The summed E-state index contributed by atoms with van der Waals surface area (Å²) in [5.41, 5.74) is 0.176. The SMILES string of the molecule is C=C(C)C(=O)C(O)COS(=O)O. The Balaban J connectivity index is 3.87. The van der Waals surface area contributed by atoms with E-state index < -0.39 is 29.9 Å². The topological polar surface area (TPSA) is 83.8 Å². The zero-order chi connectivity index (χ0) is 9.72. The summed E-state index contributed by atoms with van der Waals surface area (Å²) in [7, 11) is 0. The molecule has 2 N–H and O–H groups in total. The molecule has 12 heavy (non-hydrogen) atoms. The minimum absolute atomic E-state index is 0.176. The van der Waals surface area contributed by atoms with Crippen LogP contribution in [-0.2, 0) is 20.3 Å². The summed E-state index contributed by atoms with van der Waals surface area (Å²) in [6.07, 6.45) is -1.42. The summed E-state index contributed by atoms with van der Waals surface area (Å²) in [5, 5.41) is 8.96.